The van der Waals surface area contributed by atoms with Gasteiger partial charge >= 0.3 is 0 Å². The minimum Gasteiger partial charge on any atom is -0.550 e. The number of amides is 3. The number of hydrogen-bond donors (Lipinski definition) is 2. The molecule has 0 radical (unpaired) electrons. The van der Waals surface area contributed by atoms with Crippen molar-refractivity contribution < 1.29 is 29.6 Å². The number of quaternary nitrogens is 1. The SMILES string of the molecule is CC[C@H](C)N1C(=O)[C@@H]2[C@H](CCC(=O)[O-])[NH2+][C@@]3(C(=O)Nc4ccc(Cl)cc43)[C@@H]2C1=O. The monoisotopic (exact) mass is 419 g/mol. The summed E-state index contributed by atoms with van der Waals surface area (Å²) in [6, 6.07) is 4.14. The summed E-state index contributed by atoms with van der Waals surface area (Å²) < 4.78 is 0. The van der Waals surface area contributed by atoms with Gasteiger partial charge in [0, 0.05) is 29.0 Å². The first-order valence-corrected chi connectivity index (χ1v) is 10.1. The van der Waals surface area contributed by atoms with Gasteiger partial charge < -0.3 is 20.5 Å². The Bertz CT molecular complexity index is 935. The molecule has 5 atom stereocenters. The summed E-state index contributed by atoms with van der Waals surface area (Å²) in [5, 5.41) is 16.0. The fraction of sp³-hybridized carbons (Fsp3) is 0.500. The number of benzene rings is 1. The predicted octanol–water partition coefficient (Wildman–Crippen LogP) is -0.637. The van der Waals surface area contributed by atoms with Gasteiger partial charge in [-0.15, -0.1) is 0 Å². The number of carboxylic acids is 1. The lowest BCUT2D eigenvalue weighted by atomic mass is 9.76. The highest BCUT2D eigenvalue weighted by Gasteiger charge is 2.74. The number of nitrogens with two attached hydrogens (primary N) is 1. The first-order valence-electron chi connectivity index (χ1n) is 9.76. The fourth-order valence-corrected chi connectivity index (χ4v) is 5.30. The summed E-state index contributed by atoms with van der Waals surface area (Å²) in [6.45, 7) is 3.68. The quantitative estimate of drug-likeness (QED) is 0.615. The lowest BCUT2D eigenvalue weighted by Gasteiger charge is -2.28. The molecule has 154 valence electrons. The average Bonchev–Trinajstić information content (AvgIpc) is 3.25. The zero-order chi connectivity index (χ0) is 21.1. The number of nitrogens with zero attached hydrogens (tertiary/aromatic N) is 1. The van der Waals surface area contributed by atoms with Crippen molar-refractivity contribution in [2.45, 2.75) is 50.7 Å². The summed E-state index contributed by atoms with van der Waals surface area (Å²) in [4.78, 5) is 52.2. The van der Waals surface area contributed by atoms with Gasteiger partial charge in [0.25, 0.3) is 5.91 Å². The number of rotatable bonds is 5. The standard InChI is InChI=1S/C20H22ClN3O5/c1-3-9(2)24-17(27)15-13(6-7-14(25)26)23-20(16(15)18(24)28)11-8-10(21)4-5-12(11)22-19(20)29/h4-5,8-9,13,15-16,23H,3,6-7H2,1-2H3,(H,22,29)(H,25,26)/t9-,13-,15+,16-,20+/m0/s1. The molecule has 0 unspecified atom stereocenters. The van der Waals surface area contributed by atoms with Crippen molar-refractivity contribution in [3.8, 4) is 0 Å². The van der Waals surface area contributed by atoms with Crippen molar-refractivity contribution in [2.24, 2.45) is 11.8 Å². The van der Waals surface area contributed by atoms with Crippen molar-refractivity contribution >= 4 is 41.0 Å². The highest BCUT2D eigenvalue weighted by molar-refractivity contribution is 6.31. The van der Waals surface area contributed by atoms with Crippen LogP contribution in [-0.2, 0) is 24.7 Å². The van der Waals surface area contributed by atoms with Crippen LogP contribution in [0.15, 0.2) is 18.2 Å². The first-order chi connectivity index (χ1) is 13.7. The van der Waals surface area contributed by atoms with Crippen molar-refractivity contribution in [3.05, 3.63) is 28.8 Å². The van der Waals surface area contributed by atoms with Gasteiger partial charge in [-0.05, 0) is 38.0 Å². The van der Waals surface area contributed by atoms with Crippen LogP contribution >= 0.6 is 11.6 Å². The van der Waals surface area contributed by atoms with Crippen molar-refractivity contribution in [1.29, 1.82) is 0 Å². The molecular weight excluding hydrogens is 398 g/mol. The Morgan fingerprint density at radius 1 is 1.34 bits per heavy atom. The Kier molecular flexibility index (Phi) is 4.66. The van der Waals surface area contributed by atoms with E-state index >= 15 is 0 Å². The highest BCUT2D eigenvalue weighted by atomic mass is 35.5. The number of carboxylic acid groups (broad SMARTS) is 1. The molecule has 2 saturated heterocycles. The molecule has 4 rings (SSSR count). The number of carbonyl (C=O) groups excluding carboxylic acids is 4. The molecule has 9 heteroatoms. The van der Waals surface area contributed by atoms with E-state index < -0.39 is 29.4 Å². The third-order valence-electron chi connectivity index (χ3n) is 6.58. The topological polar surface area (TPSA) is 123 Å². The molecule has 0 aliphatic carbocycles. The molecule has 0 bridgehead atoms. The van der Waals surface area contributed by atoms with Crippen LogP contribution in [-0.4, -0.2) is 40.7 Å². The van der Waals surface area contributed by atoms with Crippen LogP contribution in [0, 0.1) is 11.8 Å². The van der Waals surface area contributed by atoms with Gasteiger partial charge in [-0.2, -0.15) is 0 Å². The Balaban J connectivity index is 1.85. The van der Waals surface area contributed by atoms with E-state index in [2.05, 4.69) is 5.32 Å². The zero-order valence-corrected chi connectivity index (χ0v) is 16.9. The van der Waals surface area contributed by atoms with E-state index in [0.29, 0.717) is 22.7 Å². The number of halogens is 1. The average molecular weight is 420 g/mol. The van der Waals surface area contributed by atoms with E-state index in [-0.39, 0.29) is 36.6 Å². The van der Waals surface area contributed by atoms with Gasteiger partial charge in [0.2, 0.25) is 17.4 Å². The summed E-state index contributed by atoms with van der Waals surface area (Å²) in [5.41, 5.74) is -0.221. The number of fused-ring (bicyclic) bond motifs is 4. The molecule has 29 heavy (non-hydrogen) atoms. The smallest absolute Gasteiger partial charge is 0.291 e. The Hall–Kier alpha value is -2.45. The number of carbonyl (C=O) groups is 4. The molecule has 8 nitrogen and oxygen atoms in total. The third-order valence-corrected chi connectivity index (χ3v) is 6.81. The van der Waals surface area contributed by atoms with E-state index in [1.165, 1.54) is 4.90 Å². The molecule has 2 fully saturated rings. The van der Waals surface area contributed by atoms with Crippen LogP contribution < -0.4 is 15.7 Å². The number of likely N-dealkylation sites (tertiary alicyclic amines) is 1. The van der Waals surface area contributed by atoms with Gasteiger partial charge in [-0.25, -0.2) is 0 Å². The predicted molar refractivity (Wildman–Crippen MR) is 100 cm³/mol. The molecule has 3 aliphatic heterocycles. The summed E-state index contributed by atoms with van der Waals surface area (Å²) in [5.74, 6) is -4.01. The van der Waals surface area contributed by atoms with Crippen LogP contribution in [0.4, 0.5) is 5.69 Å². The molecule has 1 aromatic carbocycles. The minimum absolute atomic E-state index is 0.127. The second-order valence-corrected chi connectivity index (χ2v) is 8.50. The molecule has 1 aromatic rings. The van der Waals surface area contributed by atoms with Crippen LogP contribution in [0.3, 0.4) is 0 Å². The molecule has 3 aliphatic rings. The van der Waals surface area contributed by atoms with Crippen LogP contribution in [0.1, 0.15) is 38.7 Å². The van der Waals surface area contributed by atoms with Crippen LogP contribution in [0.25, 0.3) is 0 Å². The molecule has 3 amide bonds. The number of imide groups is 1. The van der Waals surface area contributed by atoms with Gasteiger partial charge in [0.15, 0.2) is 0 Å². The fourth-order valence-electron chi connectivity index (χ4n) is 5.12. The number of aliphatic carboxylic acids is 1. The number of anilines is 1. The van der Waals surface area contributed by atoms with E-state index in [1.807, 2.05) is 6.92 Å². The van der Waals surface area contributed by atoms with Crippen LogP contribution in [0.2, 0.25) is 5.02 Å². The third kappa shape index (κ3) is 2.69. The van der Waals surface area contributed by atoms with E-state index in [4.69, 9.17) is 11.6 Å². The Morgan fingerprint density at radius 2 is 2.07 bits per heavy atom. The van der Waals surface area contributed by atoms with Crippen molar-refractivity contribution in [3.63, 3.8) is 0 Å². The van der Waals surface area contributed by atoms with Gasteiger partial charge in [0.05, 0.1) is 5.69 Å². The van der Waals surface area contributed by atoms with Crippen LogP contribution in [0.5, 0.6) is 0 Å². The van der Waals surface area contributed by atoms with Crippen molar-refractivity contribution in [2.75, 3.05) is 5.32 Å². The molecule has 3 N–H and O–H groups in total. The molecule has 0 saturated carbocycles. The zero-order valence-electron chi connectivity index (χ0n) is 16.1. The second-order valence-electron chi connectivity index (χ2n) is 8.06. The van der Waals surface area contributed by atoms with Gasteiger partial charge in [-0.3, -0.25) is 19.3 Å². The highest BCUT2D eigenvalue weighted by Crippen LogP contribution is 2.50. The summed E-state index contributed by atoms with van der Waals surface area (Å²) >= 11 is 6.18. The normalized spacial score (nSPS) is 31.2. The van der Waals surface area contributed by atoms with Crippen molar-refractivity contribution in [1.82, 2.24) is 4.90 Å². The lowest BCUT2D eigenvalue weighted by Crippen LogP contribution is -2.99. The maximum Gasteiger partial charge on any atom is 0.291 e. The molecule has 0 aromatic heterocycles. The number of hydrogen-bond acceptors (Lipinski definition) is 5. The molecule has 1 spiro atoms. The molecular formula is C20H22ClN3O5. The second kappa shape index (κ2) is 6.81. The summed E-state index contributed by atoms with van der Waals surface area (Å²) in [7, 11) is 0. The Morgan fingerprint density at radius 3 is 2.72 bits per heavy atom. The Labute approximate surface area is 172 Å². The number of nitrogens with one attached hydrogen (secondary N) is 1. The maximum atomic E-state index is 13.4. The maximum absolute atomic E-state index is 13.4. The largest absolute Gasteiger partial charge is 0.550 e. The van der Waals surface area contributed by atoms with E-state index in [0.717, 1.165) is 0 Å². The van der Waals surface area contributed by atoms with E-state index in [9.17, 15) is 24.3 Å². The van der Waals surface area contributed by atoms with Gasteiger partial charge in [0.1, 0.15) is 17.9 Å². The molecule has 3 heterocycles. The first kappa shape index (κ1) is 19.8. The summed E-state index contributed by atoms with van der Waals surface area (Å²) in [6.07, 6.45) is 0.461. The van der Waals surface area contributed by atoms with E-state index in [1.54, 1.807) is 30.4 Å². The van der Waals surface area contributed by atoms with Gasteiger partial charge in [-0.1, -0.05) is 18.5 Å². The lowest BCUT2D eigenvalue weighted by molar-refractivity contribution is -0.734. The minimum atomic E-state index is -1.34.